The summed E-state index contributed by atoms with van der Waals surface area (Å²) in [6.07, 6.45) is 7.20. The number of rotatable bonds is 3. The third-order valence-corrected chi connectivity index (χ3v) is 4.54. The molecule has 2 aliphatic heterocycles. The van der Waals surface area contributed by atoms with Crippen molar-refractivity contribution >= 4 is 5.78 Å². The quantitative estimate of drug-likeness (QED) is 0.757. The molecule has 0 radical (unpaired) electrons. The molecular formula is C14H22O3. The molecule has 2 heterocycles. The minimum absolute atomic E-state index is 0.0274. The van der Waals surface area contributed by atoms with Crippen LogP contribution in [0.5, 0.6) is 0 Å². The molecule has 96 valence electrons. The van der Waals surface area contributed by atoms with E-state index >= 15 is 0 Å². The van der Waals surface area contributed by atoms with E-state index in [0.717, 1.165) is 57.8 Å². The van der Waals surface area contributed by atoms with E-state index in [2.05, 4.69) is 0 Å². The topological polar surface area (TPSA) is 35.5 Å². The van der Waals surface area contributed by atoms with Gasteiger partial charge in [-0.15, -0.1) is 0 Å². The lowest BCUT2D eigenvalue weighted by Gasteiger charge is -2.43. The summed E-state index contributed by atoms with van der Waals surface area (Å²) in [4.78, 5) is 12.2. The minimum atomic E-state index is -0.0274. The van der Waals surface area contributed by atoms with Crippen LogP contribution in [0.2, 0.25) is 0 Å². The number of ether oxygens (including phenoxy) is 2. The molecule has 3 heteroatoms. The van der Waals surface area contributed by atoms with Crippen molar-refractivity contribution in [3.8, 4) is 0 Å². The first-order valence-electron chi connectivity index (χ1n) is 7.02. The normalized spacial score (nSPS) is 32.6. The molecular weight excluding hydrogens is 216 g/mol. The van der Waals surface area contributed by atoms with Crippen molar-refractivity contribution < 1.29 is 14.3 Å². The van der Waals surface area contributed by atoms with Crippen LogP contribution >= 0.6 is 0 Å². The number of hydrogen-bond donors (Lipinski definition) is 0. The van der Waals surface area contributed by atoms with Crippen LogP contribution in [-0.4, -0.2) is 31.2 Å². The third kappa shape index (κ3) is 2.71. The van der Waals surface area contributed by atoms with Crippen LogP contribution in [0.3, 0.4) is 0 Å². The minimum Gasteiger partial charge on any atom is -0.381 e. The molecule has 1 unspecified atom stereocenters. The van der Waals surface area contributed by atoms with Crippen molar-refractivity contribution in [3.05, 3.63) is 0 Å². The Bertz CT molecular complexity index is 284. The van der Waals surface area contributed by atoms with Gasteiger partial charge in [0.2, 0.25) is 0 Å². The maximum absolute atomic E-state index is 12.2. The summed E-state index contributed by atoms with van der Waals surface area (Å²) in [5.74, 6) is 1.49. The Hall–Kier alpha value is -0.410. The zero-order chi connectivity index (χ0) is 11.7. The fraction of sp³-hybridized carbons (Fsp3) is 0.929. The van der Waals surface area contributed by atoms with E-state index in [-0.39, 0.29) is 11.5 Å². The Morgan fingerprint density at radius 1 is 1.12 bits per heavy atom. The molecule has 0 bridgehead atoms. The van der Waals surface area contributed by atoms with Crippen LogP contribution in [-0.2, 0) is 14.3 Å². The van der Waals surface area contributed by atoms with Gasteiger partial charge < -0.3 is 9.47 Å². The van der Waals surface area contributed by atoms with Crippen molar-refractivity contribution in [3.63, 3.8) is 0 Å². The first-order chi connectivity index (χ1) is 8.27. The van der Waals surface area contributed by atoms with Gasteiger partial charge in [-0.25, -0.2) is 0 Å². The fourth-order valence-corrected chi connectivity index (χ4v) is 3.17. The van der Waals surface area contributed by atoms with Gasteiger partial charge >= 0.3 is 0 Å². The summed E-state index contributed by atoms with van der Waals surface area (Å²) in [5.41, 5.74) is -0.0274. The summed E-state index contributed by atoms with van der Waals surface area (Å²) in [5, 5.41) is 0. The monoisotopic (exact) mass is 238 g/mol. The molecule has 0 aromatic rings. The molecule has 1 aliphatic carbocycles. The first kappa shape index (κ1) is 11.7. The molecule has 3 fully saturated rings. The van der Waals surface area contributed by atoms with Crippen LogP contribution in [0.15, 0.2) is 0 Å². The Labute approximate surface area is 103 Å². The third-order valence-electron chi connectivity index (χ3n) is 4.54. The van der Waals surface area contributed by atoms with Crippen molar-refractivity contribution in [1.29, 1.82) is 0 Å². The van der Waals surface area contributed by atoms with Crippen molar-refractivity contribution in [2.75, 3.05) is 19.8 Å². The summed E-state index contributed by atoms with van der Waals surface area (Å²) in [7, 11) is 0. The average molecular weight is 238 g/mol. The predicted molar refractivity (Wildman–Crippen MR) is 63.8 cm³/mol. The number of carbonyl (C=O) groups is 1. The van der Waals surface area contributed by atoms with Gasteiger partial charge in [-0.3, -0.25) is 4.79 Å². The second-order valence-corrected chi connectivity index (χ2v) is 5.95. The zero-order valence-corrected chi connectivity index (χ0v) is 10.5. The molecule has 3 aliphatic rings. The van der Waals surface area contributed by atoms with Crippen molar-refractivity contribution in [1.82, 2.24) is 0 Å². The van der Waals surface area contributed by atoms with E-state index < -0.39 is 0 Å². The molecule has 2 saturated heterocycles. The van der Waals surface area contributed by atoms with Gasteiger partial charge in [-0.1, -0.05) is 0 Å². The van der Waals surface area contributed by atoms with E-state index in [0.29, 0.717) is 5.78 Å². The number of Topliss-reactive ketones (excluding diaryl/α,β-unsaturated/α-hetero) is 1. The highest BCUT2D eigenvalue weighted by Gasteiger charge is 2.41. The lowest BCUT2D eigenvalue weighted by molar-refractivity contribution is -0.157. The number of hydrogen-bond acceptors (Lipinski definition) is 3. The Morgan fingerprint density at radius 3 is 2.59 bits per heavy atom. The standard InChI is InChI=1S/C14H22O3/c15-13(9-11-1-2-11)12-3-6-17-14(10-12)4-7-16-8-5-14/h11-12H,1-10H2. The van der Waals surface area contributed by atoms with Crippen LogP contribution < -0.4 is 0 Å². The highest BCUT2D eigenvalue weighted by molar-refractivity contribution is 5.81. The van der Waals surface area contributed by atoms with Gasteiger partial charge in [0.15, 0.2) is 0 Å². The van der Waals surface area contributed by atoms with Crippen LogP contribution in [0.25, 0.3) is 0 Å². The molecule has 0 aromatic heterocycles. The SMILES string of the molecule is O=C(CC1CC1)C1CCOC2(CCOCC2)C1. The predicted octanol–water partition coefficient (Wildman–Crippen LogP) is 2.33. The van der Waals surface area contributed by atoms with Crippen molar-refractivity contribution in [2.45, 2.75) is 50.5 Å². The van der Waals surface area contributed by atoms with Crippen LogP contribution in [0.1, 0.15) is 44.9 Å². The molecule has 0 N–H and O–H groups in total. The summed E-state index contributed by atoms with van der Waals surface area (Å²) in [6.45, 7) is 2.36. The molecule has 1 saturated carbocycles. The van der Waals surface area contributed by atoms with E-state index in [9.17, 15) is 4.79 Å². The Morgan fingerprint density at radius 2 is 1.88 bits per heavy atom. The Balaban J connectivity index is 1.59. The van der Waals surface area contributed by atoms with Gasteiger partial charge in [-0.05, 0) is 44.4 Å². The molecule has 0 amide bonds. The highest BCUT2D eigenvalue weighted by Crippen LogP contribution is 2.40. The molecule has 1 spiro atoms. The van der Waals surface area contributed by atoms with E-state index in [1.165, 1.54) is 12.8 Å². The fourth-order valence-electron chi connectivity index (χ4n) is 3.17. The van der Waals surface area contributed by atoms with Gasteiger partial charge in [0, 0.05) is 32.2 Å². The highest BCUT2D eigenvalue weighted by atomic mass is 16.5. The maximum atomic E-state index is 12.2. The van der Waals surface area contributed by atoms with Crippen molar-refractivity contribution in [2.24, 2.45) is 11.8 Å². The second-order valence-electron chi connectivity index (χ2n) is 5.95. The molecule has 17 heavy (non-hydrogen) atoms. The lowest BCUT2D eigenvalue weighted by Crippen LogP contribution is -2.45. The van der Waals surface area contributed by atoms with Gasteiger partial charge in [0.25, 0.3) is 0 Å². The maximum Gasteiger partial charge on any atom is 0.136 e. The van der Waals surface area contributed by atoms with E-state index in [1.807, 2.05) is 0 Å². The largest absolute Gasteiger partial charge is 0.381 e. The summed E-state index contributed by atoms with van der Waals surface area (Å²) >= 11 is 0. The first-order valence-corrected chi connectivity index (χ1v) is 7.02. The molecule has 3 nitrogen and oxygen atoms in total. The Kier molecular flexibility index (Phi) is 3.22. The smallest absolute Gasteiger partial charge is 0.136 e. The number of carbonyl (C=O) groups excluding carboxylic acids is 1. The molecule has 0 aromatic carbocycles. The van der Waals surface area contributed by atoms with E-state index in [1.54, 1.807) is 0 Å². The average Bonchev–Trinajstić information content (AvgIpc) is 3.14. The van der Waals surface area contributed by atoms with E-state index in [4.69, 9.17) is 9.47 Å². The lowest BCUT2D eigenvalue weighted by atomic mass is 9.78. The van der Waals surface area contributed by atoms with Gasteiger partial charge in [0.05, 0.1) is 5.60 Å². The summed E-state index contributed by atoms with van der Waals surface area (Å²) < 4.78 is 11.4. The zero-order valence-electron chi connectivity index (χ0n) is 10.5. The summed E-state index contributed by atoms with van der Waals surface area (Å²) in [6, 6.07) is 0. The number of ketones is 1. The van der Waals surface area contributed by atoms with Gasteiger partial charge in [0.1, 0.15) is 5.78 Å². The van der Waals surface area contributed by atoms with Crippen LogP contribution in [0.4, 0.5) is 0 Å². The van der Waals surface area contributed by atoms with Crippen LogP contribution in [0, 0.1) is 11.8 Å². The molecule has 3 rings (SSSR count). The molecule has 1 atom stereocenters. The second kappa shape index (κ2) is 4.69. The van der Waals surface area contributed by atoms with Gasteiger partial charge in [-0.2, -0.15) is 0 Å².